The standard InChI is InChI=1S/2C17H13N3O6S.Ca/c2*1-10-8-12(20(22)23)6-7-14(10)18-19-16-13-5-3-2-4-11(13)9-15(17(16)21)27(24,25)26;/h2*2-9,21H,1H3,(H,24,25,26);/q;;+2/p-2. The van der Waals surface area contributed by atoms with Gasteiger partial charge in [-0.05, 0) is 60.0 Å². The number of hydrogen-bond donors (Lipinski definition) is 2. The van der Waals surface area contributed by atoms with Crippen LogP contribution in [0.4, 0.5) is 34.1 Å². The Kier molecular flexibility index (Phi) is 13.0. The summed E-state index contributed by atoms with van der Waals surface area (Å²) < 4.78 is 68.6. The molecule has 0 heterocycles. The van der Waals surface area contributed by atoms with Gasteiger partial charge >= 0.3 is 37.7 Å². The normalized spacial score (nSPS) is 11.7. The second-order valence-corrected chi connectivity index (χ2v) is 14.0. The quantitative estimate of drug-likeness (QED) is 0.0489. The van der Waals surface area contributed by atoms with Gasteiger partial charge in [-0.3, -0.25) is 20.2 Å². The largest absolute Gasteiger partial charge is 2.00 e. The van der Waals surface area contributed by atoms with Crippen molar-refractivity contribution in [1.82, 2.24) is 0 Å². The van der Waals surface area contributed by atoms with E-state index in [4.69, 9.17) is 0 Å². The van der Waals surface area contributed by atoms with Crippen LogP contribution < -0.4 is 0 Å². The summed E-state index contributed by atoms with van der Waals surface area (Å²) in [4.78, 5) is 18.9. The van der Waals surface area contributed by atoms with E-state index in [1.54, 1.807) is 62.4 Å². The van der Waals surface area contributed by atoms with Crippen LogP contribution in [0, 0.1) is 34.1 Å². The van der Waals surface area contributed by atoms with E-state index in [1.165, 1.54) is 36.4 Å². The number of non-ortho nitro benzene ring substituents is 2. The van der Waals surface area contributed by atoms with E-state index in [1.807, 2.05) is 0 Å². The van der Waals surface area contributed by atoms with Gasteiger partial charge in [0.05, 0.1) is 31.0 Å². The van der Waals surface area contributed by atoms with Crippen LogP contribution in [0.5, 0.6) is 11.5 Å². The van der Waals surface area contributed by atoms with Crippen LogP contribution >= 0.6 is 0 Å². The first-order chi connectivity index (χ1) is 25.4. The number of phenolic OH excluding ortho intramolecular Hbond substituents is 2. The molecule has 6 aromatic carbocycles. The van der Waals surface area contributed by atoms with Crippen molar-refractivity contribution >= 4 is 114 Å². The van der Waals surface area contributed by atoms with Crippen molar-refractivity contribution < 1.29 is 46.0 Å². The molecule has 0 aromatic heterocycles. The van der Waals surface area contributed by atoms with E-state index in [0.717, 1.165) is 12.1 Å². The zero-order chi connectivity index (χ0) is 39.5. The summed E-state index contributed by atoms with van der Waals surface area (Å²) in [6, 6.07) is 22.9. The number of azo groups is 2. The molecular weight excluding hydrogens is 789 g/mol. The fourth-order valence-electron chi connectivity index (χ4n) is 5.11. The number of benzene rings is 6. The summed E-state index contributed by atoms with van der Waals surface area (Å²) in [5.74, 6) is -1.60. The van der Waals surface area contributed by atoms with Gasteiger partial charge in [-0.1, -0.05) is 48.5 Å². The predicted molar refractivity (Wildman–Crippen MR) is 197 cm³/mol. The number of aryl methyl sites for hydroxylation is 2. The van der Waals surface area contributed by atoms with Crippen LogP contribution in [0.2, 0.25) is 0 Å². The SMILES string of the molecule is Cc1cc([N+](=O)[O-])ccc1N=Nc1c(O)c(S(=O)(=O)[O-])cc2ccccc12.Cc1cc([N+](=O)[O-])ccc1N=Nc1c(O)c(S(=O)(=O)[O-])cc2ccccc12.[Ca+2]. The molecule has 0 radical (unpaired) electrons. The topological polar surface area (TPSA) is 291 Å². The van der Waals surface area contributed by atoms with Crippen LogP contribution in [0.15, 0.2) is 127 Å². The van der Waals surface area contributed by atoms with Gasteiger partial charge in [-0.2, -0.15) is 10.2 Å². The number of aromatic hydroxyl groups is 2. The fraction of sp³-hybridized carbons (Fsp3) is 0.0588. The van der Waals surface area contributed by atoms with Gasteiger partial charge in [0.15, 0.2) is 11.5 Å². The number of phenols is 2. The molecule has 0 saturated heterocycles. The van der Waals surface area contributed by atoms with Crippen molar-refractivity contribution in [2.45, 2.75) is 23.6 Å². The molecule has 2 N–H and O–H groups in total. The minimum Gasteiger partial charge on any atom is -0.744 e. The van der Waals surface area contributed by atoms with Crippen LogP contribution in [0.1, 0.15) is 11.1 Å². The molecule has 21 heteroatoms. The molecule has 0 fully saturated rings. The first-order valence-electron chi connectivity index (χ1n) is 15.1. The van der Waals surface area contributed by atoms with E-state index in [0.29, 0.717) is 44.0 Å². The van der Waals surface area contributed by atoms with Crippen molar-refractivity contribution in [3.8, 4) is 11.5 Å². The molecule has 55 heavy (non-hydrogen) atoms. The van der Waals surface area contributed by atoms with Gasteiger partial charge in [-0.25, -0.2) is 16.8 Å². The molecule has 0 amide bonds. The van der Waals surface area contributed by atoms with Crippen molar-refractivity contribution in [2.75, 3.05) is 0 Å². The summed E-state index contributed by atoms with van der Waals surface area (Å²) in [7, 11) is -9.86. The summed E-state index contributed by atoms with van der Waals surface area (Å²) in [6.07, 6.45) is 0. The van der Waals surface area contributed by atoms with E-state index in [-0.39, 0.29) is 60.5 Å². The first kappa shape index (κ1) is 42.3. The second-order valence-electron chi connectivity index (χ2n) is 11.4. The molecular formula is C34H24CaN6O12S2. The van der Waals surface area contributed by atoms with E-state index in [2.05, 4.69) is 20.5 Å². The van der Waals surface area contributed by atoms with Gasteiger partial charge in [0, 0.05) is 35.0 Å². The minimum absolute atomic E-state index is 0. The van der Waals surface area contributed by atoms with Gasteiger partial charge in [0.25, 0.3) is 11.4 Å². The first-order valence-corrected chi connectivity index (χ1v) is 17.9. The Bertz CT molecular complexity index is 2610. The average molecular weight is 813 g/mol. The van der Waals surface area contributed by atoms with Crippen LogP contribution in [0.3, 0.4) is 0 Å². The van der Waals surface area contributed by atoms with E-state index in [9.17, 15) is 56.4 Å². The number of nitro benzene ring substituents is 2. The average Bonchev–Trinajstić information content (AvgIpc) is 3.10. The molecule has 0 spiro atoms. The molecule has 6 aromatic rings. The summed E-state index contributed by atoms with van der Waals surface area (Å²) in [5.41, 5.74) is 0.923. The Hall–Kier alpha value is -5.48. The third kappa shape index (κ3) is 9.61. The van der Waals surface area contributed by atoms with Crippen LogP contribution in [0.25, 0.3) is 21.5 Å². The van der Waals surface area contributed by atoms with Gasteiger partial charge in [0.2, 0.25) is 0 Å². The third-order valence-electron chi connectivity index (χ3n) is 7.76. The zero-order valence-electron chi connectivity index (χ0n) is 28.4. The zero-order valence-corrected chi connectivity index (χ0v) is 32.3. The molecule has 0 aliphatic heterocycles. The minimum atomic E-state index is -4.93. The second kappa shape index (κ2) is 16.9. The van der Waals surface area contributed by atoms with Crippen molar-refractivity contribution in [1.29, 1.82) is 0 Å². The van der Waals surface area contributed by atoms with Crippen LogP contribution in [-0.2, 0) is 20.2 Å². The van der Waals surface area contributed by atoms with Crippen molar-refractivity contribution in [3.63, 3.8) is 0 Å². The number of hydrogen-bond acceptors (Lipinski definition) is 16. The Morgan fingerprint density at radius 2 is 0.891 bits per heavy atom. The van der Waals surface area contributed by atoms with Crippen LogP contribution in [-0.4, -0.2) is 83.7 Å². The molecule has 0 aliphatic carbocycles. The van der Waals surface area contributed by atoms with Crippen molar-refractivity contribution in [2.24, 2.45) is 20.5 Å². The molecule has 0 aliphatic rings. The van der Waals surface area contributed by atoms with E-state index < -0.39 is 51.4 Å². The van der Waals surface area contributed by atoms with Crippen molar-refractivity contribution in [3.05, 3.63) is 128 Å². The Morgan fingerprint density at radius 3 is 1.20 bits per heavy atom. The summed E-state index contributed by atoms with van der Waals surface area (Å²) >= 11 is 0. The molecule has 18 nitrogen and oxygen atoms in total. The predicted octanol–water partition coefficient (Wildman–Crippen LogP) is 7.78. The Labute approximate surface area is 341 Å². The molecule has 6 rings (SSSR count). The maximum atomic E-state index is 11.4. The Morgan fingerprint density at radius 1 is 0.545 bits per heavy atom. The fourth-order valence-corrected chi connectivity index (χ4v) is 6.32. The summed E-state index contributed by atoms with van der Waals surface area (Å²) in [6.45, 7) is 3.19. The summed E-state index contributed by atoms with van der Waals surface area (Å²) in [5, 5.41) is 59.4. The Balaban J connectivity index is 0.000000240. The number of nitro groups is 2. The molecule has 0 saturated carbocycles. The molecule has 0 unspecified atom stereocenters. The monoisotopic (exact) mass is 812 g/mol. The smallest absolute Gasteiger partial charge is 0.744 e. The maximum Gasteiger partial charge on any atom is 2.00 e. The maximum absolute atomic E-state index is 11.4. The molecule has 276 valence electrons. The number of fused-ring (bicyclic) bond motifs is 2. The number of nitrogens with zero attached hydrogens (tertiary/aromatic N) is 6. The molecule has 0 atom stereocenters. The third-order valence-corrected chi connectivity index (χ3v) is 9.46. The molecule has 0 bridgehead atoms. The number of rotatable bonds is 8. The van der Waals surface area contributed by atoms with E-state index >= 15 is 0 Å². The van der Waals surface area contributed by atoms with Gasteiger partial charge < -0.3 is 19.3 Å². The van der Waals surface area contributed by atoms with Gasteiger partial charge in [-0.15, -0.1) is 10.2 Å². The van der Waals surface area contributed by atoms with Gasteiger partial charge in [0.1, 0.15) is 31.6 Å².